The van der Waals surface area contributed by atoms with Crippen molar-refractivity contribution < 1.29 is 14.3 Å². The minimum atomic E-state index is -0.720. The fraction of sp³-hybridized carbons (Fsp3) is 0.846. The highest BCUT2D eigenvalue weighted by Crippen LogP contribution is 2.25. The lowest BCUT2D eigenvalue weighted by Crippen LogP contribution is -2.34. The van der Waals surface area contributed by atoms with E-state index in [1.165, 1.54) is 0 Å². The average Bonchev–Trinajstić information content (AvgIpc) is 2.20. The standard InChI is InChI=1S/C13H24N2O3/c1-9(8-17-12(14)16)5-6-11-15-13(3,4)7-10(2)18-11/h9-10H,5-8H2,1-4H3,(H2,14,16). The molecule has 18 heavy (non-hydrogen) atoms. The van der Waals surface area contributed by atoms with Crippen LogP contribution in [0.2, 0.25) is 0 Å². The van der Waals surface area contributed by atoms with Crippen LogP contribution in [0.15, 0.2) is 4.99 Å². The van der Waals surface area contributed by atoms with Crippen LogP contribution >= 0.6 is 0 Å². The second kappa shape index (κ2) is 6.07. The maximum atomic E-state index is 10.5. The molecule has 1 amide bonds. The normalized spacial score (nSPS) is 23.8. The molecule has 5 heteroatoms. The summed E-state index contributed by atoms with van der Waals surface area (Å²) < 4.78 is 10.5. The van der Waals surface area contributed by atoms with Crippen molar-refractivity contribution in [1.29, 1.82) is 0 Å². The van der Waals surface area contributed by atoms with Crippen LogP contribution < -0.4 is 5.73 Å². The van der Waals surface area contributed by atoms with E-state index in [4.69, 9.17) is 15.2 Å². The quantitative estimate of drug-likeness (QED) is 0.821. The molecule has 0 aromatic heterocycles. The molecule has 1 rings (SSSR count). The molecule has 2 atom stereocenters. The minimum Gasteiger partial charge on any atom is -0.478 e. The molecule has 0 fully saturated rings. The maximum Gasteiger partial charge on any atom is 0.404 e. The second-order valence-electron chi connectivity index (χ2n) is 5.72. The topological polar surface area (TPSA) is 73.9 Å². The van der Waals surface area contributed by atoms with Gasteiger partial charge in [0.25, 0.3) is 0 Å². The Bertz CT molecular complexity index is 326. The van der Waals surface area contributed by atoms with Gasteiger partial charge in [-0.05, 0) is 33.1 Å². The molecular weight excluding hydrogens is 232 g/mol. The highest BCUT2D eigenvalue weighted by molar-refractivity contribution is 5.77. The molecule has 104 valence electrons. The van der Waals surface area contributed by atoms with E-state index in [2.05, 4.69) is 25.8 Å². The molecule has 0 saturated heterocycles. The van der Waals surface area contributed by atoms with Crippen molar-refractivity contribution in [3.63, 3.8) is 0 Å². The van der Waals surface area contributed by atoms with Gasteiger partial charge in [0.2, 0.25) is 0 Å². The largest absolute Gasteiger partial charge is 0.478 e. The molecule has 0 aromatic rings. The van der Waals surface area contributed by atoms with Crippen LogP contribution in [0.3, 0.4) is 0 Å². The summed E-state index contributed by atoms with van der Waals surface area (Å²) in [6.45, 7) is 8.66. The molecule has 0 radical (unpaired) electrons. The third kappa shape index (κ3) is 5.38. The van der Waals surface area contributed by atoms with Gasteiger partial charge in [0, 0.05) is 12.8 Å². The molecule has 2 unspecified atom stereocenters. The minimum absolute atomic E-state index is 0.0417. The molecule has 1 aliphatic heterocycles. The molecule has 5 nitrogen and oxygen atoms in total. The van der Waals surface area contributed by atoms with Gasteiger partial charge in [0.05, 0.1) is 18.2 Å². The second-order valence-corrected chi connectivity index (χ2v) is 5.72. The number of carbonyl (C=O) groups is 1. The van der Waals surface area contributed by atoms with Gasteiger partial charge in [-0.2, -0.15) is 0 Å². The Morgan fingerprint density at radius 2 is 2.33 bits per heavy atom. The predicted octanol–water partition coefficient (Wildman–Crippen LogP) is 2.48. The van der Waals surface area contributed by atoms with Crippen LogP contribution in [-0.2, 0) is 9.47 Å². The van der Waals surface area contributed by atoms with E-state index in [0.29, 0.717) is 6.61 Å². The highest BCUT2D eigenvalue weighted by atomic mass is 16.5. The van der Waals surface area contributed by atoms with E-state index in [0.717, 1.165) is 25.2 Å². The fourth-order valence-corrected chi connectivity index (χ4v) is 2.18. The summed E-state index contributed by atoms with van der Waals surface area (Å²) in [5.41, 5.74) is 4.88. The van der Waals surface area contributed by atoms with Crippen molar-refractivity contribution in [2.75, 3.05) is 6.61 Å². The van der Waals surface area contributed by atoms with Gasteiger partial charge in [-0.3, -0.25) is 0 Å². The van der Waals surface area contributed by atoms with Crippen LogP contribution in [0.1, 0.15) is 47.0 Å². The SMILES string of the molecule is CC(CCC1=NC(C)(C)CC(C)O1)COC(N)=O. The molecule has 1 heterocycles. The van der Waals surface area contributed by atoms with Gasteiger partial charge in [-0.15, -0.1) is 0 Å². The van der Waals surface area contributed by atoms with Gasteiger partial charge in [0.15, 0.2) is 5.90 Å². The predicted molar refractivity (Wildman–Crippen MR) is 70.6 cm³/mol. The number of amides is 1. The Morgan fingerprint density at radius 1 is 1.67 bits per heavy atom. The molecule has 1 aliphatic rings. The average molecular weight is 256 g/mol. The summed E-state index contributed by atoms with van der Waals surface area (Å²) in [6, 6.07) is 0. The Morgan fingerprint density at radius 3 is 2.89 bits per heavy atom. The van der Waals surface area contributed by atoms with Crippen molar-refractivity contribution >= 4 is 12.0 Å². The summed E-state index contributed by atoms with van der Waals surface area (Å²) in [6.07, 6.45) is 2.08. The number of rotatable bonds is 5. The van der Waals surface area contributed by atoms with Crippen molar-refractivity contribution in [3.8, 4) is 0 Å². The Hall–Kier alpha value is -1.26. The first-order valence-electron chi connectivity index (χ1n) is 6.46. The summed E-state index contributed by atoms with van der Waals surface area (Å²) in [4.78, 5) is 15.1. The molecule has 0 bridgehead atoms. The lowest BCUT2D eigenvalue weighted by Gasteiger charge is -2.31. The van der Waals surface area contributed by atoms with E-state index in [1.807, 2.05) is 6.92 Å². The van der Waals surface area contributed by atoms with Crippen LogP contribution in [-0.4, -0.2) is 30.2 Å². The molecule has 0 saturated carbocycles. The third-order valence-electron chi connectivity index (χ3n) is 2.91. The fourth-order valence-electron chi connectivity index (χ4n) is 2.18. The molecular formula is C13H24N2O3. The van der Waals surface area contributed by atoms with Gasteiger partial charge in [-0.1, -0.05) is 6.92 Å². The first-order valence-corrected chi connectivity index (χ1v) is 6.46. The number of ether oxygens (including phenoxy) is 2. The smallest absolute Gasteiger partial charge is 0.404 e. The summed E-state index contributed by atoms with van der Waals surface area (Å²) in [7, 11) is 0. The molecule has 0 aliphatic carbocycles. The molecule has 0 spiro atoms. The monoisotopic (exact) mass is 256 g/mol. The van der Waals surface area contributed by atoms with Crippen LogP contribution in [0.4, 0.5) is 4.79 Å². The summed E-state index contributed by atoms with van der Waals surface area (Å²) in [5, 5.41) is 0. The highest BCUT2D eigenvalue weighted by Gasteiger charge is 2.27. The van der Waals surface area contributed by atoms with Crippen LogP contribution in [0, 0.1) is 5.92 Å². The summed E-state index contributed by atoms with van der Waals surface area (Å²) >= 11 is 0. The van der Waals surface area contributed by atoms with Crippen molar-refractivity contribution in [2.45, 2.75) is 58.6 Å². The van der Waals surface area contributed by atoms with Gasteiger partial charge in [0.1, 0.15) is 0 Å². The summed E-state index contributed by atoms with van der Waals surface area (Å²) in [5.74, 6) is 1.06. The zero-order chi connectivity index (χ0) is 13.8. The van der Waals surface area contributed by atoms with Crippen molar-refractivity contribution in [3.05, 3.63) is 0 Å². The third-order valence-corrected chi connectivity index (χ3v) is 2.91. The number of hydrogen-bond donors (Lipinski definition) is 1. The van der Waals surface area contributed by atoms with E-state index in [-0.39, 0.29) is 17.6 Å². The molecule has 2 N–H and O–H groups in total. The van der Waals surface area contributed by atoms with Crippen molar-refractivity contribution in [1.82, 2.24) is 0 Å². The van der Waals surface area contributed by atoms with E-state index >= 15 is 0 Å². The lowest BCUT2D eigenvalue weighted by atomic mass is 9.96. The number of carbonyl (C=O) groups excluding carboxylic acids is 1. The number of primary amides is 1. The first-order chi connectivity index (χ1) is 8.28. The van der Waals surface area contributed by atoms with E-state index < -0.39 is 6.09 Å². The maximum absolute atomic E-state index is 10.5. The zero-order valence-electron chi connectivity index (χ0n) is 11.7. The van der Waals surface area contributed by atoms with Crippen molar-refractivity contribution in [2.24, 2.45) is 16.6 Å². The Kier molecular flexibility index (Phi) is 4.99. The number of hydrogen-bond acceptors (Lipinski definition) is 4. The number of nitrogens with zero attached hydrogens (tertiary/aromatic N) is 1. The zero-order valence-corrected chi connectivity index (χ0v) is 11.7. The van der Waals surface area contributed by atoms with Gasteiger partial charge < -0.3 is 15.2 Å². The lowest BCUT2D eigenvalue weighted by molar-refractivity contribution is 0.130. The Labute approximate surface area is 109 Å². The number of nitrogens with two attached hydrogens (primary N) is 1. The van der Waals surface area contributed by atoms with Crippen LogP contribution in [0.25, 0.3) is 0 Å². The molecule has 0 aromatic carbocycles. The number of aliphatic imine (C=N–C) groups is 1. The van der Waals surface area contributed by atoms with E-state index in [9.17, 15) is 4.79 Å². The van der Waals surface area contributed by atoms with Crippen LogP contribution in [0.5, 0.6) is 0 Å². The Balaban J connectivity index is 2.38. The first kappa shape index (κ1) is 14.8. The van der Waals surface area contributed by atoms with Gasteiger partial charge >= 0.3 is 6.09 Å². The van der Waals surface area contributed by atoms with Gasteiger partial charge in [-0.25, -0.2) is 9.79 Å². The van der Waals surface area contributed by atoms with E-state index in [1.54, 1.807) is 0 Å².